The number of hydrogen-bond acceptors (Lipinski definition) is 3. The Morgan fingerprint density at radius 2 is 1.30 bits per heavy atom. The molecule has 0 radical (unpaired) electrons. The maximum Gasteiger partial charge on any atom is 0.198 e. The first-order chi connectivity index (χ1) is 9.08. The Morgan fingerprint density at radius 1 is 0.850 bits per heavy atom. The van der Waals surface area contributed by atoms with Gasteiger partial charge >= 0.3 is 0 Å². The molecule has 0 amide bonds. The van der Waals surface area contributed by atoms with Crippen LogP contribution in [0, 0.1) is 0 Å². The molecule has 2 N–H and O–H groups in total. The van der Waals surface area contributed by atoms with Gasteiger partial charge in [-0.2, -0.15) is 0 Å². The fourth-order valence-corrected chi connectivity index (χ4v) is 2.45. The molecule has 0 saturated heterocycles. The van der Waals surface area contributed by atoms with Gasteiger partial charge < -0.3 is 10.2 Å². The fourth-order valence-electron chi connectivity index (χ4n) is 2.45. The molecule has 1 aromatic carbocycles. The zero-order valence-corrected chi connectivity index (χ0v) is 11.2. The molecule has 20 heavy (non-hydrogen) atoms. The average molecular weight is 270 g/mol. The second-order valence-corrected chi connectivity index (χ2v) is 4.65. The molecule has 4 heteroatoms. The van der Waals surface area contributed by atoms with Gasteiger partial charge in [0.1, 0.15) is 11.5 Å². The lowest BCUT2D eigenvalue weighted by atomic mass is 10.0. The zero-order chi connectivity index (χ0) is 13.6. The van der Waals surface area contributed by atoms with Gasteiger partial charge in [0.05, 0.1) is 5.57 Å². The average Bonchev–Trinajstić information content (AvgIpc) is 2.61. The monoisotopic (exact) mass is 270 g/mol. The summed E-state index contributed by atoms with van der Waals surface area (Å²) in [6.07, 6.45) is 3.45. The van der Waals surface area contributed by atoms with E-state index in [4.69, 9.17) is 4.74 Å². The van der Waals surface area contributed by atoms with Crippen LogP contribution in [-0.4, -0.2) is 17.0 Å². The van der Waals surface area contributed by atoms with Gasteiger partial charge in [-0.25, -0.2) is 0 Å². The second-order valence-electron chi connectivity index (χ2n) is 4.65. The summed E-state index contributed by atoms with van der Waals surface area (Å²) in [7, 11) is 0. The van der Waals surface area contributed by atoms with E-state index in [9.17, 15) is 9.59 Å². The van der Waals surface area contributed by atoms with Crippen LogP contribution in [0.3, 0.4) is 0 Å². The molecule has 1 aliphatic carbocycles. The molecule has 0 unspecified atom stereocenters. The lowest BCUT2D eigenvalue weighted by Gasteiger charge is -2.13. The lowest BCUT2D eigenvalue weighted by molar-refractivity contribution is 0.0988. The third kappa shape index (κ3) is 2.00. The Hall–Kier alpha value is -2.46. The molecular formula is C16H14O4. The van der Waals surface area contributed by atoms with Crippen molar-refractivity contribution in [1.82, 2.24) is 0 Å². The van der Waals surface area contributed by atoms with Gasteiger partial charge in [0.25, 0.3) is 0 Å². The van der Waals surface area contributed by atoms with Crippen molar-refractivity contribution in [3.05, 3.63) is 70.2 Å². The van der Waals surface area contributed by atoms with Crippen molar-refractivity contribution in [3.63, 3.8) is 0 Å². The van der Waals surface area contributed by atoms with E-state index in [-0.39, 0.29) is 22.6 Å². The maximum absolute atomic E-state index is 12.3. The third-order valence-electron chi connectivity index (χ3n) is 3.20. The molecule has 0 saturated carbocycles. The fraction of sp³-hybridized carbons (Fsp3) is 0.125. The van der Waals surface area contributed by atoms with Gasteiger partial charge in [-0.15, -0.1) is 0 Å². The summed E-state index contributed by atoms with van der Waals surface area (Å²) < 4.78 is 5.39. The molecule has 1 aliphatic heterocycles. The topological polar surface area (TPSA) is 74.9 Å². The number of ether oxygens (including phenoxy) is 1. The number of Topliss-reactive ketones (excluding diaryl/α,β-unsaturated/α-hetero) is 2. The van der Waals surface area contributed by atoms with Crippen LogP contribution >= 0.6 is 0 Å². The standard InChI is InChI=1S/C16H12O3.H2O/c1-9-7-11(8-10(2)19-9)14-15(17)12-5-3-4-6-13(12)16(14)18;/h3-8H,1-2H3;1H2. The van der Waals surface area contributed by atoms with Crippen LogP contribution in [0.1, 0.15) is 34.6 Å². The van der Waals surface area contributed by atoms with Gasteiger partial charge in [-0.3, -0.25) is 9.59 Å². The van der Waals surface area contributed by atoms with Crippen LogP contribution in [0.4, 0.5) is 0 Å². The van der Waals surface area contributed by atoms with Crippen molar-refractivity contribution in [2.24, 2.45) is 0 Å². The van der Waals surface area contributed by atoms with E-state index in [1.54, 1.807) is 50.3 Å². The number of carbonyl (C=O) groups is 2. The highest BCUT2D eigenvalue weighted by atomic mass is 16.5. The van der Waals surface area contributed by atoms with Crippen LogP contribution in [0.25, 0.3) is 0 Å². The van der Waals surface area contributed by atoms with Crippen LogP contribution < -0.4 is 0 Å². The van der Waals surface area contributed by atoms with Crippen molar-refractivity contribution < 1.29 is 19.8 Å². The minimum absolute atomic E-state index is 0. The summed E-state index contributed by atoms with van der Waals surface area (Å²) in [5.41, 5.74) is 1.84. The highest BCUT2D eigenvalue weighted by molar-refractivity contribution is 6.40. The number of fused-ring (bicyclic) bond motifs is 1. The molecule has 0 atom stereocenters. The lowest BCUT2D eigenvalue weighted by Crippen LogP contribution is -2.06. The van der Waals surface area contributed by atoms with E-state index in [1.165, 1.54) is 0 Å². The zero-order valence-electron chi connectivity index (χ0n) is 11.2. The van der Waals surface area contributed by atoms with Crippen LogP contribution in [0.15, 0.2) is 59.1 Å². The minimum Gasteiger partial charge on any atom is -0.467 e. The molecule has 1 heterocycles. The number of rotatable bonds is 0. The van der Waals surface area contributed by atoms with Crippen molar-refractivity contribution >= 4 is 11.6 Å². The molecule has 0 bridgehead atoms. The van der Waals surface area contributed by atoms with E-state index in [0.717, 1.165) is 0 Å². The van der Waals surface area contributed by atoms with E-state index in [2.05, 4.69) is 0 Å². The first-order valence-corrected chi connectivity index (χ1v) is 6.05. The van der Waals surface area contributed by atoms with Gasteiger partial charge in [0, 0.05) is 11.1 Å². The normalized spacial score (nSPS) is 17.1. The Bertz CT molecular complexity index is 648. The van der Waals surface area contributed by atoms with Gasteiger partial charge in [-0.05, 0) is 31.6 Å². The number of carbonyl (C=O) groups excluding carboxylic acids is 2. The summed E-state index contributed by atoms with van der Waals surface area (Å²) in [6, 6.07) is 6.92. The van der Waals surface area contributed by atoms with Gasteiger partial charge in [-0.1, -0.05) is 24.3 Å². The van der Waals surface area contributed by atoms with Crippen molar-refractivity contribution in [2.75, 3.05) is 0 Å². The first-order valence-electron chi connectivity index (χ1n) is 6.05. The Morgan fingerprint density at radius 3 is 1.75 bits per heavy atom. The van der Waals surface area contributed by atoms with Crippen LogP contribution in [0.5, 0.6) is 0 Å². The van der Waals surface area contributed by atoms with E-state index < -0.39 is 0 Å². The molecular weight excluding hydrogens is 256 g/mol. The molecule has 0 fully saturated rings. The molecule has 3 rings (SSSR count). The smallest absolute Gasteiger partial charge is 0.198 e. The van der Waals surface area contributed by atoms with Gasteiger partial charge in [0.2, 0.25) is 0 Å². The summed E-state index contributed by atoms with van der Waals surface area (Å²) in [5, 5.41) is 0. The quantitative estimate of drug-likeness (QED) is 0.536. The molecule has 0 spiro atoms. The number of ketones is 2. The summed E-state index contributed by atoms with van der Waals surface area (Å²) in [6.45, 7) is 3.60. The minimum atomic E-state index is -0.203. The predicted molar refractivity (Wildman–Crippen MR) is 74.3 cm³/mol. The summed E-state index contributed by atoms with van der Waals surface area (Å²) >= 11 is 0. The summed E-state index contributed by atoms with van der Waals surface area (Å²) in [5.74, 6) is 0.953. The van der Waals surface area contributed by atoms with E-state index in [1.807, 2.05) is 0 Å². The second kappa shape index (κ2) is 4.90. The number of benzene rings is 1. The molecule has 1 aromatic rings. The Kier molecular flexibility index (Phi) is 3.42. The maximum atomic E-state index is 12.3. The number of hydrogen-bond donors (Lipinski definition) is 0. The van der Waals surface area contributed by atoms with Crippen molar-refractivity contribution in [3.8, 4) is 0 Å². The van der Waals surface area contributed by atoms with Crippen LogP contribution in [-0.2, 0) is 4.74 Å². The molecule has 102 valence electrons. The van der Waals surface area contributed by atoms with E-state index >= 15 is 0 Å². The highest BCUT2D eigenvalue weighted by Gasteiger charge is 2.34. The van der Waals surface area contributed by atoms with Crippen molar-refractivity contribution in [1.29, 1.82) is 0 Å². The summed E-state index contributed by atoms with van der Waals surface area (Å²) in [4.78, 5) is 24.7. The molecule has 0 aromatic heterocycles. The predicted octanol–water partition coefficient (Wildman–Crippen LogP) is 2.38. The Balaban J connectivity index is 0.00000147. The van der Waals surface area contributed by atoms with Crippen molar-refractivity contribution in [2.45, 2.75) is 13.8 Å². The molecule has 2 aliphatic rings. The highest BCUT2D eigenvalue weighted by Crippen LogP contribution is 2.31. The van der Waals surface area contributed by atoms with E-state index in [0.29, 0.717) is 28.2 Å². The Labute approximate surface area is 116 Å². The van der Waals surface area contributed by atoms with Gasteiger partial charge in [0.15, 0.2) is 11.6 Å². The first kappa shape index (κ1) is 14.0. The third-order valence-corrected chi connectivity index (χ3v) is 3.20. The largest absolute Gasteiger partial charge is 0.467 e. The SMILES string of the molecule is CC1=CC(=C2C(=O)c3ccccc3C2=O)C=C(C)O1.O. The molecule has 4 nitrogen and oxygen atoms in total. The number of allylic oxidation sites excluding steroid dienone is 6. The van der Waals surface area contributed by atoms with Crippen LogP contribution in [0.2, 0.25) is 0 Å².